The molecule has 2 aliphatic rings. The Bertz CT molecular complexity index is 689. The highest BCUT2D eigenvalue weighted by atomic mass is 32.2. The molecule has 1 fully saturated rings. The molecule has 108 valence electrons. The molecule has 6 nitrogen and oxygen atoms in total. The molecular formula is C12H16N4O2S2. The third-order valence-electron chi connectivity index (χ3n) is 3.58. The molecule has 0 bridgehead atoms. The Balaban J connectivity index is 1.88. The molecule has 0 spiro atoms. The molecule has 1 N–H and O–H groups in total. The van der Waals surface area contributed by atoms with Gasteiger partial charge in [-0.3, -0.25) is 0 Å². The zero-order chi connectivity index (χ0) is 14.2. The SMILES string of the molecule is CN(CC1CCCN1)S(=O)(=O)c1cccc2c1N=S=N2. The van der Waals surface area contributed by atoms with E-state index in [-0.39, 0.29) is 10.9 Å². The highest BCUT2D eigenvalue weighted by Crippen LogP contribution is 2.38. The fourth-order valence-electron chi connectivity index (χ4n) is 2.48. The van der Waals surface area contributed by atoms with E-state index in [0.717, 1.165) is 30.7 Å². The molecule has 0 aromatic heterocycles. The minimum atomic E-state index is -3.53. The van der Waals surface area contributed by atoms with Gasteiger partial charge < -0.3 is 5.32 Å². The van der Waals surface area contributed by atoms with Gasteiger partial charge in [-0.2, -0.15) is 13.0 Å². The molecule has 1 atom stereocenters. The van der Waals surface area contributed by atoms with Crippen molar-refractivity contribution in [1.29, 1.82) is 0 Å². The van der Waals surface area contributed by atoms with Crippen LogP contribution in [0.2, 0.25) is 0 Å². The lowest BCUT2D eigenvalue weighted by Crippen LogP contribution is -2.38. The third-order valence-corrected chi connectivity index (χ3v) is 5.97. The summed E-state index contributed by atoms with van der Waals surface area (Å²) in [6.07, 6.45) is 2.12. The van der Waals surface area contributed by atoms with Crippen molar-refractivity contribution >= 4 is 32.8 Å². The summed E-state index contributed by atoms with van der Waals surface area (Å²) in [4.78, 5) is 0.240. The quantitative estimate of drug-likeness (QED) is 0.935. The zero-order valence-electron chi connectivity index (χ0n) is 11.1. The molecule has 3 rings (SSSR count). The first-order chi connectivity index (χ1) is 9.59. The Hall–Kier alpha value is -1.09. The number of sulfonamides is 1. The van der Waals surface area contributed by atoms with E-state index < -0.39 is 10.0 Å². The van der Waals surface area contributed by atoms with Gasteiger partial charge in [0.25, 0.3) is 0 Å². The first kappa shape index (κ1) is 13.9. The van der Waals surface area contributed by atoms with Crippen LogP contribution in [0.3, 0.4) is 0 Å². The standard InChI is InChI=1S/C12H16N4O2S2/c1-16(8-9-4-3-7-13-9)20(17,18)11-6-2-5-10-12(11)15-19-14-10/h2,5-6,9,13H,3-4,7-8H2,1H3. The lowest BCUT2D eigenvalue weighted by molar-refractivity contribution is 0.417. The molecular weight excluding hydrogens is 296 g/mol. The van der Waals surface area contributed by atoms with E-state index in [0.29, 0.717) is 17.9 Å². The Kier molecular flexibility index (Phi) is 3.72. The summed E-state index contributed by atoms with van der Waals surface area (Å²) in [5, 5.41) is 3.31. The van der Waals surface area contributed by atoms with Gasteiger partial charge in [0.15, 0.2) is 0 Å². The Morgan fingerprint density at radius 1 is 1.45 bits per heavy atom. The molecule has 1 aromatic rings. The van der Waals surface area contributed by atoms with Crippen LogP contribution in [0.4, 0.5) is 11.4 Å². The summed E-state index contributed by atoms with van der Waals surface area (Å²) in [7, 11) is -1.91. The maximum Gasteiger partial charge on any atom is 0.245 e. The van der Waals surface area contributed by atoms with Crippen LogP contribution in [-0.4, -0.2) is 38.9 Å². The Labute approximate surface area is 122 Å². The Morgan fingerprint density at radius 3 is 3.05 bits per heavy atom. The largest absolute Gasteiger partial charge is 0.313 e. The van der Waals surface area contributed by atoms with E-state index in [1.165, 1.54) is 4.31 Å². The van der Waals surface area contributed by atoms with Crippen LogP contribution < -0.4 is 5.32 Å². The van der Waals surface area contributed by atoms with Gasteiger partial charge in [0.1, 0.15) is 16.3 Å². The predicted octanol–water partition coefficient (Wildman–Crippen LogP) is 1.79. The number of fused-ring (bicyclic) bond motifs is 1. The summed E-state index contributed by atoms with van der Waals surface area (Å²) in [5.41, 5.74) is 1.09. The van der Waals surface area contributed by atoms with Crippen molar-refractivity contribution in [3.8, 4) is 0 Å². The second kappa shape index (κ2) is 5.36. The fourth-order valence-corrected chi connectivity index (χ4v) is 4.44. The van der Waals surface area contributed by atoms with Crippen LogP contribution in [-0.2, 0) is 21.4 Å². The van der Waals surface area contributed by atoms with Crippen LogP contribution in [0.15, 0.2) is 31.8 Å². The van der Waals surface area contributed by atoms with Gasteiger partial charge in [-0.1, -0.05) is 6.07 Å². The van der Waals surface area contributed by atoms with Crippen molar-refractivity contribution in [1.82, 2.24) is 9.62 Å². The van der Waals surface area contributed by atoms with E-state index in [1.807, 2.05) is 0 Å². The smallest absolute Gasteiger partial charge is 0.245 e. The minimum absolute atomic E-state index is 0.238. The van der Waals surface area contributed by atoms with Crippen molar-refractivity contribution in [3.05, 3.63) is 18.2 Å². The van der Waals surface area contributed by atoms with Gasteiger partial charge in [-0.25, -0.2) is 8.42 Å². The second-order valence-corrected chi connectivity index (χ2v) is 7.51. The highest BCUT2D eigenvalue weighted by molar-refractivity contribution is 7.89. The van der Waals surface area contributed by atoms with Gasteiger partial charge in [0.05, 0.1) is 11.4 Å². The van der Waals surface area contributed by atoms with Crippen molar-refractivity contribution in [2.45, 2.75) is 23.8 Å². The van der Waals surface area contributed by atoms with Crippen LogP contribution >= 0.6 is 0 Å². The number of nitrogens with one attached hydrogen (secondary N) is 1. The molecule has 1 aromatic carbocycles. The van der Waals surface area contributed by atoms with Gasteiger partial charge in [0.2, 0.25) is 10.0 Å². The lowest BCUT2D eigenvalue weighted by atomic mass is 10.2. The number of hydrogen-bond acceptors (Lipinski definition) is 5. The molecule has 20 heavy (non-hydrogen) atoms. The van der Waals surface area contributed by atoms with Crippen LogP contribution in [0, 0.1) is 0 Å². The van der Waals surface area contributed by atoms with Crippen LogP contribution in [0.25, 0.3) is 0 Å². The molecule has 2 aliphatic heterocycles. The molecule has 1 unspecified atom stereocenters. The van der Waals surface area contributed by atoms with Crippen LogP contribution in [0.1, 0.15) is 12.8 Å². The number of rotatable bonds is 4. The van der Waals surface area contributed by atoms with E-state index in [1.54, 1.807) is 25.2 Å². The second-order valence-electron chi connectivity index (χ2n) is 4.97. The topological polar surface area (TPSA) is 74.1 Å². The zero-order valence-corrected chi connectivity index (χ0v) is 12.7. The average molecular weight is 312 g/mol. The molecule has 0 aliphatic carbocycles. The van der Waals surface area contributed by atoms with Crippen molar-refractivity contribution in [2.24, 2.45) is 8.73 Å². The molecule has 0 radical (unpaired) electrons. The summed E-state index contributed by atoms with van der Waals surface area (Å²) >= 11 is 1.03. The van der Waals surface area contributed by atoms with Gasteiger partial charge in [-0.15, -0.1) is 0 Å². The third kappa shape index (κ3) is 2.44. The normalized spacial score (nSPS) is 21.2. The predicted molar refractivity (Wildman–Crippen MR) is 78.8 cm³/mol. The van der Waals surface area contributed by atoms with Gasteiger partial charge >= 0.3 is 0 Å². The molecule has 0 saturated carbocycles. The number of nitrogens with zero attached hydrogens (tertiary/aromatic N) is 3. The maximum absolute atomic E-state index is 12.7. The van der Waals surface area contributed by atoms with E-state index >= 15 is 0 Å². The monoisotopic (exact) mass is 312 g/mol. The minimum Gasteiger partial charge on any atom is -0.313 e. The van der Waals surface area contributed by atoms with Gasteiger partial charge in [-0.05, 0) is 31.5 Å². The molecule has 1 saturated heterocycles. The number of likely N-dealkylation sites (N-methyl/N-ethyl adjacent to an activating group) is 1. The summed E-state index contributed by atoms with van der Waals surface area (Å²) in [6.45, 7) is 1.44. The van der Waals surface area contributed by atoms with Crippen molar-refractivity contribution < 1.29 is 8.42 Å². The number of hydrogen-bond donors (Lipinski definition) is 1. The lowest BCUT2D eigenvalue weighted by Gasteiger charge is -2.21. The molecule has 2 heterocycles. The van der Waals surface area contributed by atoms with Crippen molar-refractivity contribution in [2.75, 3.05) is 20.1 Å². The fraction of sp³-hybridized carbons (Fsp3) is 0.500. The summed E-state index contributed by atoms with van der Waals surface area (Å²) in [6, 6.07) is 5.31. The average Bonchev–Trinajstić information content (AvgIpc) is 3.07. The van der Waals surface area contributed by atoms with E-state index in [4.69, 9.17) is 0 Å². The summed E-state index contributed by atoms with van der Waals surface area (Å²) in [5.74, 6) is 0. The van der Waals surface area contributed by atoms with Crippen molar-refractivity contribution in [3.63, 3.8) is 0 Å². The first-order valence-corrected chi connectivity index (χ1v) is 8.67. The Morgan fingerprint density at radius 2 is 2.30 bits per heavy atom. The van der Waals surface area contributed by atoms with Gasteiger partial charge in [0, 0.05) is 19.6 Å². The first-order valence-electron chi connectivity index (χ1n) is 6.50. The molecule has 0 amide bonds. The number of benzene rings is 1. The maximum atomic E-state index is 12.7. The summed E-state index contributed by atoms with van der Waals surface area (Å²) < 4.78 is 34.9. The van der Waals surface area contributed by atoms with E-state index in [2.05, 4.69) is 14.0 Å². The van der Waals surface area contributed by atoms with Crippen LogP contribution in [0.5, 0.6) is 0 Å². The molecule has 8 heteroatoms. The highest BCUT2D eigenvalue weighted by Gasteiger charge is 2.29. The van der Waals surface area contributed by atoms with E-state index in [9.17, 15) is 8.42 Å².